The van der Waals surface area contributed by atoms with Crippen molar-refractivity contribution in [3.05, 3.63) is 52.8 Å². The molecule has 2 rings (SSSR count). The molecule has 0 aliphatic carbocycles. The van der Waals surface area contributed by atoms with Crippen molar-refractivity contribution in [1.29, 1.82) is 0 Å². The van der Waals surface area contributed by atoms with Crippen molar-refractivity contribution in [2.45, 2.75) is 13.5 Å². The molecule has 0 spiro atoms. The number of hydrogen-bond donors (Lipinski definition) is 0. The van der Waals surface area contributed by atoms with Crippen LogP contribution in [0.3, 0.4) is 0 Å². The summed E-state index contributed by atoms with van der Waals surface area (Å²) in [5.41, 5.74) is 0.895. The van der Waals surface area contributed by atoms with Gasteiger partial charge in [-0.15, -0.1) is 0 Å². The molecule has 0 atom stereocenters. The summed E-state index contributed by atoms with van der Waals surface area (Å²) in [4.78, 5) is 4.24. The van der Waals surface area contributed by atoms with Gasteiger partial charge in [0.15, 0.2) is 0 Å². The van der Waals surface area contributed by atoms with Gasteiger partial charge in [-0.1, -0.05) is 0 Å². The standard InChI is InChI=1S/C14H14BrNO2/c1-2-17-13-5-7-14(8-6-13)18-10-12-4-3-11(15)9-16-12/h3-9H,2,10H2,1H3. The summed E-state index contributed by atoms with van der Waals surface area (Å²) in [6, 6.07) is 11.5. The van der Waals surface area contributed by atoms with Crippen molar-refractivity contribution in [3.8, 4) is 11.5 Å². The maximum Gasteiger partial charge on any atom is 0.130 e. The molecule has 0 N–H and O–H groups in total. The van der Waals surface area contributed by atoms with E-state index in [-0.39, 0.29) is 0 Å². The molecular formula is C14H14BrNO2. The molecule has 18 heavy (non-hydrogen) atoms. The Balaban J connectivity index is 1.91. The molecule has 0 saturated carbocycles. The fourth-order valence-electron chi connectivity index (χ4n) is 1.45. The number of pyridine rings is 1. The van der Waals surface area contributed by atoms with Gasteiger partial charge in [0, 0.05) is 10.7 Å². The van der Waals surface area contributed by atoms with Crippen LogP contribution < -0.4 is 9.47 Å². The van der Waals surface area contributed by atoms with E-state index in [2.05, 4.69) is 20.9 Å². The van der Waals surface area contributed by atoms with Crippen molar-refractivity contribution in [2.75, 3.05) is 6.61 Å². The molecule has 0 saturated heterocycles. The van der Waals surface area contributed by atoms with Gasteiger partial charge < -0.3 is 9.47 Å². The Morgan fingerprint density at radius 2 is 1.67 bits per heavy atom. The van der Waals surface area contributed by atoms with Crippen LogP contribution >= 0.6 is 15.9 Å². The first-order valence-corrected chi connectivity index (χ1v) is 6.53. The van der Waals surface area contributed by atoms with E-state index in [4.69, 9.17) is 9.47 Å². The summed E-state index contributed by atoms with van der Waals surface area (Å²) in [6.45, 7) is 3.09. The molecule has 0 bridgehead atoms. The second-order valence-electron chi connectivity index (χ2n) is 3.66. The summed E-state index contributed by atoms with van der Waals surface area (Å²) in [5.74, 6) is 1.66. The van der Waals surface area contributed by atoms with E-state index in [9.17, 15) is 0 Å². The SMILES string of the molecule is CCOc1ccc(OCc2ccc(Br)cn2)cc1. The van der Waals surface area contributed by atoms with Crippen LogP contribution in [0.1, 0.15) is 12.6 Å². The van der Waals surface area contributed by atoms with E-state index in [0.717, 1.165) is 21.7 Å². The number of aromatic nitrogens is 1. The Morgan fingerprint density at radius 3 is 2.22 bits per heavy atom. The molecule has 0 fully saturated rings. The van der Waals surface area contributed by atoms with Crippen molar-refractivity contribution in [2.24, 2.45) is 0 Å². The molecule has 0 aliphatic rings. The average Bonchev–Trinajstić information content (AvgIpc) is 2.40. The molecule has 4 heteroatoms. The van der Waals surface area contributed by atoms with E-state index < -0.39 is 0 Å². The van der Waals surface area contributed by atoms with Crippen LogP contribution in [0, 0.1) is 0 Å². The van der Waals surface area contributed by atoms with Crippen molar-refractivity contribution in [3.63, 3.8) is 0 Å². The van der Waals surface area contributed by atoms with Gasteiger partial charge in [-0.05, 0) is 59.3 Å². The lowest BCUT2D eigenvalue weighted by Crippen LogP contribution is -1.98. The number of hydrogen-bond acceptors (Lipinski definition) is 3. The molecular weight excluding hydrogens is 294 g/mol. The fraction of sp³-hybridized carbons (Fsp3) is 0.214. The first-order chi connectivity index (χ1) is 8.78. The summed E-state index contributed by atoms with van der Waals surface area (Å²) in [7, 11) is 0. The number of ether oxygens (including phenoxy) is 2. The van der Waals surface area contributed by atoms with Crippen LogP contribution in [-0.2, 0) is 6.61 Å². The minimum absolute atomic E-state index is 0.460. The van der Waals surface area contributed by atoms with Gasteiger partial charge in [-0.25, -0.2) is 0 Å². The Kier molecular flexibility index (Phi) is 4.59. The molecule has 1 heterocycles. The molecule has 3 nitrogen and oxygen atoms in total. The van der Waals surface area contributed by atoms with Crippen LogP contribution in [0.25, 0.3) is 0 Å². The number of benzene rings is 1. The molecule has 0 unspecified atom stereocenters. The lowest BCUT2D eigenvalue weighted by molar-refractivity contribution is 0.299. The van der Waals surface area contributed by atoms with Gasteiger partial charge in [0.25, 0.3) is 0 Å². The van der Waals surface area contributed by atoms with E-state index in [1.165, 1.54) is 0 Å². The molecule has 0 amide bonds. The maximum absolute atomic E-state index is 5.63. The van der Waals surface area contributed by atoms with Crippen molar-refractivity contribution >= 4 is 15.9 Å². The Hall–Kier alpha value is -1.55. The summed E-state index contributed by atoms with van der Waals surface area (Å²) >= 11 is 3.35. The third kappa shape index (κ3) is 3.74. The van der Waals surface area contributed by atoms with Gasteiger partial charge in [0.05, 0.1) is 12.3 Å². The summed E-state index contributed by atoms with van der Waals surface area (Å²) in [6.07, 6.45) is 1.76. The third-order valence-corrected chi connectivity index (χ3v) is 2.78. The number of rotatable bonds is 5. The van der Waals surface area contributed by atoms with Crippen LogP contribution in [0.2, 0.25) is 0 Å². The van der Waals surface area contributed by atoms with E-state index in [0.29, 0.717) is 13.2 Å². The molecule has 2 aromatic rings. The quantitative estimate of drug-likeness (QED) is 0.841. The average molecular weight is 308 g/mol. The lowest BCUT2D eigenvalue weighted by atomic mass is 10.3. The number of nitrogens with zero attached hydrogens (tertiary/aromatic N) is 1. The lowest BCUT2D eigenvalue weighted by Gasteiger charge is -2.07. The minimum Gasteiger partial charge on any atom is -0.494 e. The highest BCUT2D eigenvalue weighted by atomic mass is 79.9. The highest BCUT2D eigenvalue weighted by Crippen LogP contribution is 2.18. The third-order valence-electron chi connectivity index (χ3n) is 2.31. The fourth-order valence-corrected chi connectivity index (χ4v) is 1.68. The Bertz CT molecular complexity index is 482. The Morgan fingerprint density at radius 1 is 1.00 bits per heavy atom. The zero-order valence-corrected chi connectivity index (χ0v) is 11.7. The second kappa shape index (κ2) is 6.40. The summed E-state index contributed by atoms with van der Waals surface area (Å²) < 4.78 is 12.0. The van der Waals surface area contributed by atoms with Crippen LogP contribution in [-0.4, -0.2) is 11.6 Å². The molecule has 1 aromatic heterocycles. The first-order valence-electron chi connectivity index (χ1n) is 5.74. The topological polar surface area (TPSA) is 31.4 Å². The minimum atomic E-state index is 0.460. The zero-order valence-electron chi connectivity index (χ0n) is 10.1. The monoisotopic (exact) mass is 307 g/mol. The van der Waals surface area contributed by atoms with E-state index >= 15 is 0 Å². The summed E-state index contributed by atoms with van der Waals surface area (Å²) in [5, 5.41) is 0. The van der Waals surface area contributed by atoms with Gasteiger partial charge in [-0.3, -0.25) is 4.98 Å². The van der Waals surface area contributed by atoms with Crippen LogP contribution in [0.15, 0.2) is 47.1 Å². The second-order valence-corrected chi connectivity index (χ2v) is 4.58. The molecule has 0 radical (unpaired) electrons. The highest BCUT2D eigenvalue weighted by molar-refractivity contribution is 9.10. The van der Waals surface area contributed by atoms with Gasteiger partial charge in [0.2, 0.25) is 0 Å². The normalized spacial score (nSPS) is 10.1. The van der Waals surface area contributed by atoms with Crippen molar-refractivity contribution in [1.82, 2.24) is 4.98 Å². The van der Waals surface area contributed by atoms with E-state index in [1.807, 2.05) is 43.3 Å². The van der Waals surface area contributed by atoms with Crippen molar-refractivity contribution < 1.29 is 9.47 Å². The van der Waals surface area contributed by atoms with Gasteiger partial charge >= 0.3 is 0 Å². The first kappa shape index (κ1) is 12.9. The molecule has 1 aromatic carbocycles. The maximum atomic E-state index is 5.63. The predicted molar refractivity (Wildman–Crippen MR) is 73.9 cm³/mol. The van der Waals surface area contributed by atoms with Crippen LogP contribution in [0.5, 0.6) is 11.5 Å². The smallest absolute Gasteiger partial charge is 0.130 e. The zero-order chi connectivity index (χ0) is 12.8. The predicted octanol–water partition coefficient (Wildman–Crippen LogP) is 3.82. The Labute approximate surface area is 115 Å². The van der Waals surface area contributed by atoms with Gasteiger partial charge in [0.1, 0.15) is 18.1 Å². The molecule has 94 valence electrons. The van der Waals surface area contributed by atoms with E-state index in [1.54, 1.807) is 6.20 Å². The highest BCUT2D eigenvalue weighted by Gasteiger charge is 1.98. The number of halogens is 1. The van der Waals surface area contributed by atoms with Crippen LogP contribution in [0.4, 0.5) is 0 Å². The molecule has 0 aliphatic heterocycles. The largest absolute Gasteiger partial charge is 0.494 e. The van der Waals surface area contributed by atoms with Gasteiger partial charge in [-0.2, -0.15) is 0 Å².